The van der Waals surface area contributed by atoms with Gasteiger partial charge in [0.2, 0.25) is 5.91 Å². The lowest BCUT2D eigenvalue weighted by Crippen LogP contribution is -2.26. The van der Waals surface area contributed by atoms with Crippen molar-refractivity contribution in [2.24, 2.45) is 5.73 Å². The van der Waals surface area contributed by atoms with E-state index in [1.807, 2.05) is 32.9 Å². The van der Waals surface area contributed by atoms with Gasteiger partial charge in [-0.25, -0.2) is 8.42 Å². The van der Waals surface area contributed by atoms with Gasteiger partial charge in [-0.3, -0.25) is 4.79 Å². The van der Waals surface area contributed by atoms with E-state index >= 15 is 0 Å². The minimum atomic E-state index is -3.39. The van der Waals surface area contributed by atoms with Crippen molar-refractivity contribution < 1.29 is 13.2 Å². The summed E-state index contributed by atoms with van der Waals surface area (Å²) in [5.74, 6) is -1.06. The summed E-state index contributed by atoms with van der Waals surface area (Å²) in [6.45, 7) is 6.05. The van der Waals surface area contributed by atoms with Crippen LogP contribution in [-0.4, -0.2) is 32.4 Å². The fraction of sp³-hybridized carbons (Fsp3) is 0.500. The fourth-order valence-corrected chi connectivity index (χ4v) is 3.35. The Hall–Kier alpha value is -1.40. The molecule has 0 fully saturated rings. The number of benzene rings is 1. The zero-order valence-corrected chi connectivity index (χ0v) is 13.0. The minimum Gasteiger partial charge on any atom is -0.330 e. The predicted octanol–water partition coefficient (Wildman–Crippen LogP) is 1.31. The molecular formula is C14H22N2O3S. The van der Waals surface area contributed by atoms with Gasteiger partial charge in [-0.15, -0.1) is 0 Å². The predicted molar refractivity (Wildman–Crippen MR) is 81.6 cm³/mol. The van der Waals surface area contributed by atoms with Crippen molar-refractivity contribution in [2.45, 2.75) is 27.2 Å². The maximum Gasteiger partial charge on any atom is 0.239 e. The molecule has 0 aromatic heterocycles. The number of aryl methyl sites for hydroxylation is 3. The number of amides is 1. The molecule has 3 N–H and O–H groups in total. The number of sulfone groups is 1. The Kier molecular flexibility index (Phi) is 5.71. The Morgan fingerprint density at radius 2 is 1.75 bits per heavy atom. The third-order valence-electron chi connectivity index (χ3n) is 2.95. The number of carbonyl (C=O) groups is 1. The standard InChI is InChI=1S/C14H22N2O3S/c1-10-7-11(2)14(12(3)8-10)16-13(17)9-20(18,19)6-4-5-15/h7-8H,4-6,9,15H2,1-3H3,(H,16,17). The van der Waals surface area contributed by atoms with E-state index in [9.17, 15) is 13.2 Å². The second-order valence-corrected chi connectivity index (χ2v) is 7.24. The topological polar surface area (TPSA) is 89.3 Å². The van der Waals surface area contributed by atoms with Gasteiger partial charge in [0.1, 0.15) is 5.75 Å². The van der Waals surface area contributed by atoms with E-state index in [4.69, 9.17) is 5.73 Å². The van der Waals surface area contributed by atoms with Gasteiger partial charge >= 0.3 is 0 Å². The monoisotopic (exact) mass is 298 g/mol. The van der Waals surface area contributed by atoms with Gasteiger partial charge in [0.05, 0.1) is 5.75 Å². The highest BCUT2D eigenvalue weighted by molar-refractivity contribution is 7.92. The van der Waals surface area contributed by atoms with E-state index in [1.54, 1.807) is 0 Å². The smallest absolute Gasteiger partial charge is 0.239 e. The molecule has 1 aromatic rings. The van der Waals surface area contributed by atoms with Crippen molar-refractivity contribution >= 4 is 21.4 Å². The second-order valence-electron chi connectivity index (χ2n) is 5.06. The largest absolute Gasteiger partial charge is 0.330 e. The van der Waals surface area contributed by atoms with Crippen LogP contribution in [0.2, 0.25) is 0 Å². The number of rotatable bonds is 6. The van der Waals surface area contributed by atoms with E-state index in [0.717, 1.165) is 16.7 Å². The molecule has 0 unspecified atom stereocenters. The summed E-state index contributed by atoms with van der Waals surface area (Å²) in [4.78, 5) is 11.9. The van der Waals surface area contributed by atoms with Crippen LogP contribution in [0.4, 0.5) is 5.69 Å². The van der Waals surface area contributed by atoms with Crippen LogP contribution in [0.25, 0.3) is 0 Å². The highest BCUT2D eigenvalue weighted by atomic mass is 32.2. The second kappa shape index (κ2) is 6.85. The number of hydrogen-bond acceptors (Lipinski definition) is 4. The van der Waals surface area contributed by atoms with Gasteiger partial charge < -0.3 is 11.1 Å². The van der Waals surface area contributed by atoms with Gasteiger partial charge in [-0.1, -0.05) is 17.7 Å². The van der Waals surface area contributed by atoms with Gasteiger partial charge in [0.25, 0.3) is 0 Å². The molecule has 112 valence electrons. The number of carbonyl (C=O) groups excluding carboxylic acids is 1. The quantitative estimate of drug-likeness (QED) is 0.828. The molecule has 0 atom stereocenters. The van der Waals surface area contributed by atoms with E-state index < -0.39 is 21.5 Å². The molecule has 0 saturated heterocycles. The molecule has 0 aliphatic carbocycles. The Morgan fingerprint density at radius 1 is 1.20 bits per heavy atom. The summed E-state index contributed by atoms with van der Waals surface area (Å²) >= 11 is 0. The molecular weight excluding hydrogens is 276 g/mol. The molecule has 0 spiro atoms. The number of nitrogens with one attached hydrogen (secondary N) is 1. The van der Waals surface area contributed by atoms with Crippen LogP contribution in [0.3, 0.4) is 0 Å². The average molecular weight is 298 g/mol. The van der Waals surface area contributed by atoms with Gasteiger partial charge in [-0.05, 0) is 44.9 Å². The lowest BCUT2D eigenvalue weighted by molar-refractivity contribution is -0.113. The van der Waals surface area contributed by atoms with Crippen molar-refractivity contribution in [2.75, 3.05) is 23.4 Å². The van der Waals surface area contributed by atoms with Crippen LogP contribution in [0, 0.1) is 20.8 Å². The highest BCUT2D eigenvalue weighted by Crippen LogP contribution is 2.21. The Balaban J connectivity index is 2.77. The normalized spacial score (nSPS) is 11.4. The first-order valence-electron chi connectivity index (χ1n) is 6.53. The molecule has 0 aliphatic rings. The molecule has 0 heterocycles. The highest BCUT2D eigenvalue weighted by Gasteiger charge is 2.17. The third kappa shape index (κ3) is 4.94. The first kappa shape index (κ1) is 16.7. The molecule has 0 bridgehead atoms. The molecule has 6 heteroatoms. The third-order valence-corrected chi connectivity index (χ3v) is 4.56. The van der Waals surface area contributed by atoms with Crippen molar-refractivity contribution in [3.8, 4) is 0 Å². The first-order valence-corrected chi connectivity index (χ1v) is 8.35. The maximum atomic E-state index is 11.9. The van der Waals surface area contributed by atoms with E-state index in [0.29, 0.717) is 18.7 Å². The van der Waals surface area contributed by atoms with E-state index in [-0.39, 0.29) is 5.75 Å². The van der Waals surface area contributed by atoms with Crippen LogP contribution in [-0.2, 0) is 14.6 Å². The van der Waals surface area contributed by atoms with Crippen LogP contribution >= 0.6 is 0 Å². The van der Waals surface area contributed by atoms with Gasteiger partial charge in [-0.2, -0.15) is 0 Å². The summed E-state index contributed by atoms with van der Waals surface area (Å²) in [7, 11) is -3.39. The van der Waals surface area contributed by atoms with E-state index in [1.165, 1.54) is 0 Å². The average Bonchev–Trinajstić information content (AvgIpc) is 2.30. The first-order chi connectivity index (χ1) is 9.25. The number of nitrogens with two attached hydrogens (primary N) is 1. The molecule has 1 rings (SSSR count). The van der Waals surface area contributed by atoms with Crippen LogP contribution in [0.1, 0.15) is 23.1 Å². The molecule has 0 saturated carbocycles. The maximum absolute atomic E-state index is 11.9. The van der Waals surface area contributed by atoms with Crippen molar-refractivity contribution in [3.05, 3.63) is 28.8 Å². The summed E-state index contributed by atoms with van der Waals surface area (Å²) in [6, 6.07) is 3.90. The van der Waals surface area contributed by atoms with Crippen molar-refractivity contribution in [3.63, 3.8) is 0 Å². The van der Waals surface area contributed by atoms with Crippen molar-refractivity contribution in [1.29, 1.82) is 0 Å². The van der Waals surface area contributed by atoms with E-state index in [2.05, 4.69) is 5.32 Å². The summed E-state index contributed by atoms with van der Waals surface area (Å²) in [6.07, 6.45) is 0.373. The fourth-order valence-electron chi connectivity index (χ4n) is 2.13. The molecule has 0 aliphatic heterocycles. The van der Waals surface area contributed by atoms with Crippen LogP contribution < -0.4 is 11.1 Å². The van der Waals surface area contributed by atoms with Gasteiger partial charge in [0.15, 0.2) is 9.84 Å². The molecule has 0 radical (unpaired) electrons. The molecule has 20 heavy (non-hydrogen) atoms. The lowest BCUT2D eigenvalue weighted by atomic mass is 10.1. The Bertz CT molecular complexity index is 571. The number of hydrogen-bond donors (Lipinski definition) is 2. The minimum absolute atomic E-state index is 0.0528. The Labute approximate surface area is 120 Å². The van der Waals surface area contributed by atoms with Crippen LogP contribution in [0.5, 0.6) is 0 Å². The summed E-state index contributed by atoms with van der Waals surface area (Å²) < 4.78 is 23.4. The zero-order chi connectivity index (χ0) is 15.3. The molecule has 5 nitrogen and oxygen atoms in total. The summed E-state index contributed by atoms with van der Waals surface area (Å²) in [5, 5.41) is 2.69. The number of anilines is 1. The van der Waals surface area contributed by atoms with Gasteiger partial charge in [0, 0.05) is 5.69 Å². The lowest BCUT2D eigenvalue weighted by Gasteiger charge is -2.13. The van der Waals surface area contributed by atoms with Crippen molar-refractivity contribution in [1.82, 2.24) is 0 Å². The summed E-state index contributed by atoms with van der Waals surface area (Å²) in [5.41, 5.74) is 8.93. The van der Waals surface area contributed by atoms with Crippen LogP contribution in [0.15, 0.2) is 12.1 Å². The Morgan fingerprint density at radius 3 is 2.25 bits per heavy atom. The molecule has 1 amide bonds. The zero-order valence-electron chi connectivity index (χ0n) is 12.2. The SMILES string of the molecule is Cc1cc(C)c(NC(=O)CS(=O)(=O)CCCN)c(C)c1. The molecule has 1 aromatic carbocycles.